The molecule has 0 saturated carbocycles. The van der Waals surface area contributed by atoms with Gasteiger partial charge in [0, 0.05) is 10.9 Å². The van der Waals surface area contributed by atoms with Crippen molar-refractivity contribution in [3.63, 3.8) is 0 Å². The van der Waals surface area contributed by atoms with Gasteiger partial charge >= 0.3 is 5.69 Å². The third-order valence-electron chi connectivity index (χ3n) is 3.61. The van der Waals surface area contributed by atoms with Gasteiger partial charge in [-0.1, -0.05) is 0 Å². The second-order valence-corrected chi connectivity index (χ2v) is 5.02. The molecule has 0 bridgehead atoms. The van der Waals surface area contributed by atoms with Gasteiger partial charge in [0.1, 0.15) is 11.6 Å². The van der Waals surface area contributed by atoms with Gasteiger partial charge in [0.15, 0.2) is 11.5 Å². The summed E-state index contributed by atoms with van der Waals surface area (Å²) in [7, 11) is 1.58. The number of hydrogen-bond acceptors (Lipinski definition) is 4. The minimum absolute atomic E-state index is 0.314. The number of fused-ring (bicyclic) bond motifs is 3. The lowest BCUT2D eigenvalue weighted by Gasteiger charge is -1.99. The Kier molecular flexibility index (Phi) is 2.87. The van der Waals surface area contributed by atoms with E-state index in [-0.39, 0.29) is 0 Å². The number of H-pyrrole nitrogens is 1. The highest BCUT2D eigenvalue weighted by Crippen LogP contribution is 2.22. The van der Waals surface area contributed by atoms with E-state index >= 15 is 0 Å². The predicted octanol–water partition coefficient (Wildman–Crippen LogP) is 2.39. The maximum Gasteiger partial charge on any atom is 0.348 e. The number of ether oxygens (including phenoxy) is 1. The smallest absolute Gasteiger partial charge is 0.348 e. The zero-order chi connectivity index (χ0) is 16.0. The molecule has 0 amide bonds. The standard InChI is InChI=1S/C16H11FN4O2/c1-23-11-5-2-9(3-6-11)14-19-15-12-8-10(17)4-7-13(12)18-16(22)21(15)20-14/h2-8H,1H3,(H,18,22). The highest BCUT2D eigenvalue weighted by Gasteiger charge is 2.13. The zero-order valence-corrected chi connectivity index (χ0v) is 12.1. The summed E-state index contributed by atoms with van der Waals surface area (Å²) in [5, 5.41) is 4.71. The van der Waals surface area contributed by atoms with Crippen LogP contribution >= 0.6 is 0 Å². The lowest BCUT2D eigenvalue weighted by atomic mass is 10.2. The Bertz CT molecular complexity index is 1080. The second kappa shape index (κ2) is 4.91. The first-order valence-corrected chi connectivity index (χ1v) is 6.88. The quantitative estimate of drug-likeness (QED) is 0.617. The van der Waals surface area contributed by atoms with Crippen LogP contribution in [0.2, 0.25) is 0 Å². The van der Waals surface area contributed by atoms with Crippen LogP contribution in [0.4, 0.5) is 4.39 Å². The molecule has 7 heteroatoms. The number of aromatic nitrogens is 4. The van der Waals surface area contributed by atoms with Gasteiger partial charge in [-0.15, -0.1) is 5.10 Å². The van der Waals surface area contributed by atoms with Gasteiger partial charge in [-0.3, -0.25) is 0 Å². The summed E-state index contributed by atoms with van der Waals surface area (Å²) in [6.07, 6.45) is 0. The second-order valence-electron chi connectivity index (χ2n) is 5.02. The zero-order valence-electron chi connectivity index (χ0n) is 12.1. The molecule has 0 aliphatic carbocycles. The average molecular weight is 310 g/mol. The van der Waals surface area contributed by atoms with Crippen LogP contribution in [-0.2, 0) is 0 Å². The highest BCUT2D eigenvalue weighted by molar-refractivity contribution is 5.91. The number of nitrogens with zero attached hydrogens (tertiary/aromatic N) is 3. The molecule has 2 aromatic carbocycles. The van der Waals surface area contributed by atoms with Crippen LogP contribution in [0.5, 0.6) is 5.75 Å². The van der Waals surface area contributed by atoms with E-state index in [9.17, 15) is 9.18 Å². The van der Waals surface area contributed by atoms with Crippen LogP contribution in [0, 0.1) is 5.82 Å². The van der Waals surface area contributed by atoms with Crippen LogP contribution in [0.25, 0.3) is 27.9 Å². The third-order valence-corrected chi connectivity index (χ3v) is 3.61. The van der Waals surface area contributed by atoms with Crippen molar-refractivity contribution in [2.45, 2.75) is 0 Å². The van der Waals surface area contributed by atoms with Crippen LogP contribution < -0.4 is 10.4 Å². The first kappa shape index (κ1) is 13.4. The lowest BCUT2D eigenvalue weighted by Crippen LogP contribution is -2.17. The van der Waals surface area contributed by atoms with Crippen molar-refractivity contribution in [2.24, 2.45) is 0 Å². The molecular weight excluding hydrogens is 299 g/mol. The van der Waals surface area contributed by atoms with Gasteiger partial charge in [0.05, 0.1) is 12.6 Å². The number of benzene rings is 2. The molecule has 2 aromatic heterocycles. The van der Waals surface area contributed by atoms with E-state index in [2.05, 4.69) is 15.1 Å². The summed E-state index contributed by atoms with van der Waals surface area (Å²) in [6.45, 7) is 0. The number of aromatic amines is 1. The van der Waals surface area contributed by atoms with Crippen molar-refractivity contribution < 1.29 is 9.13 Å². The molecule has 23 heavy (non-hydrogen) atoms. The summed E-state index contributed by atoms with van der Waals surface area (Å²) in [6, 6.07) is 11.3. The molecule has 1 N–H and O–H groups in total. The van der Waals surface area contributed by atoms with Crippen molar-refractivity contribution in [1.82, 2.24) is 19.6 Å². The Labute approximate surface area is 129 Å². The Morgan fingerprint density at radius 1 is 1.17 bits per heavy atom. The van der Waals surface area contributed by atoms with Gasteiger partial charge in [-0.25, -0.2) is 14.2 Å². The van der Waals surface area contributed by atoms with Gasteiger partial charge in [-0.05, 0) is 42.5 Å². The van der Waals surface area contributed by atoms with Gasteiger partial charge in [-0.2, -0.15) is 4.52 Å². The van der Waals surface area contributed by atoms with E-state index in [1.807, 2.05) is 0 Å². The highest BCUT2D eigenvalue weighted by atomic mass is 19.1. The van der Waals surface area contributed by atoms with E-state index in [0.29, 0.717) is 28.1 Å². The molecule has 6 nitrogen and oxygen atoms in total. The number of halogens is 1. The SMILES string of the molecule is COc1ccc(-c2nc3c4cc(F)ccc4[nH]c(=O)n3n2)cc1. The van der Waals surface area contributed by atoms with Crippen molar-refractivity contribution >= 4 is 16.6 Å². The van der Waals surface area contributed by atoms with E-state index in [1.165, 1.54) is 18.2 Å². The maximum atomic E-state index is 13.5. The Morgan fingerprint density at radius 3 is 2.70 bits per heavy atom. The van der Waals surface area contributed by atoms with Crippen LogP contribution in [-0.4, -0.2) is 26.7 Å². The summed E-state index contributed by atoms with van der Waals surface area (Å²) in [5.74, 6) is 0.693. The number of methoxy groups -OCH3 is 1. The molecule has 4 aromatic rings. The van der Waals surface area contributed by atoms with Crippen LogP contribution in [0.15, 0.2) is 47.3 Å². The first-order valence-electron chi connectivity index (χ1n) is 6.88. The van der Waals surface area contributed by atoms with E-state index in [4.69, 9.17) is 4.74 Å². The molecular formula is C16H11FN4O2. The molecule has 0 spiro atoms. The topological polar surface area (TPSA) is 72.3 Å². The molecule has 0 fully saturated rings. The molecule has 0 unspecified atom stereocenters. The van der Waals surface area contributed by atoms with E-state index in [0.717, 1.165) is 10.1 Å². The first-order chi connectivity index (χ1) is 11.2. The molecule has 0 aliphatic rings. The molecule has 4 rings (SSSR count). The minimum atomic E-state index is -0.425. The largest absolute Gasteiger partial charge is 0.497 e. The van der Waals surface area contributed by atoms with Gasteiger partial charge in [0.2, 0.25) is 0 Å². The Hall–Kier alpha value is -3.22. The maximum absolute atomic E-state index is 13.5. The average Bonchev–Trinajstić information content (AvgIpc) is 3.02. The molecule has 114 valence electrons. The Balaban J connectivity index is 1.99. The summed E-state index contributed by atoms with van der Waals surface area (Å²) in [4.78, 5) is 19.2. The number of hydrogen-bond donors (Lipinski definition) is 1. The normalized spacial score (nSPS) is 11.2. The molecule has 0 atom stereocenters. The summed E-state index contributed by atoms with van der Waals surface area (Å²) >= 11 is 0. The molecule has 0 aliphatic heterocycles. The van der Waals surface area contributed by atoms with Gasteiger partial charge < -0.3 is 9.72 Å². The Morgan fingerprint density at radius 2 is 1.96 bits per heavy atom. The fourth-order valence-corrected chi connectivity index (χ4v) is 2.47. The molecule has 0 saturated heterocycles. The van der Waals surface area contributed by atoms with Gasteiger partial charge in [0.25, 0.3) is 0 Å². The van der Waals surface area contributed by atoms with Crippen molar-refractivity contribution in [1.29, 1.82) is 0 Å². The number of nitrogens with one attached hydrogen (secondary N) is 1. The summed E-state index contributed by atoms with van der Waals surface area (Å²) < 4.78 is 19.8. The molecule has 0 radical (unpaired) electrons. The minimum Gasteiger partial charge on any atom is -0.497 e. The van der Waals surface area contributed by atoms with Crippen LogP contribution in [0.1, 0.15) is 0 Å². The van der Waals surface area contributed by atoms with Crippen LogP contribution in [0.3, 0.4) is 0 Å². The fraction of sp³-hybridized carbons (Fsp3) is 0.0625. The monoisotopic (exact) mass is 310 g/mol. The predicted molar refractivity (Wildman–Crippen MR) is 83.1 cm³/mol. The van der Waals surface area contributed by atoms with E-state index in [1.54, 1.807) is 31.4 Å². The summed E-state index contributed by atoms with van der Waals surface area (Å²) in [5.41, 5.74) is 1.14. The van der Waals surface area contributed by atoms with E-state index < -0.39 is 11.5 Å². The van der Waals surface area contributed by atoms with Crippen molar-refractivity contribution in [2.75, 3.05) is 7.11 Å². The fourth-order valence-electron chi connectivity index (χ4n) is 2.47. The third kappa shape index (κ3) is 2.13. The lowest BCUT2D eigenvalue weighted by molar-refractivity contribution is 0.415. The van der Waals surface area contributed by atoms with Crippen molar-refractivity contribution in [3.05, 3.63) is 58.8 Å². The molecule has 2 heterocycles. The number of rotatable bonds is 2. The van der Waals surface area contributed by atoms with Crippen molar-refractivity contribution in [3.8, 4) is 17.1 Å².